The van der Waals surface area contributed by atoms with Crippen LogP contribution < -0.4 is 10.1 Å². The van der Waals surface area contributed by atoms with Crippen molar-refractivity contribution in [3.05, 3.63) is 29.3 Å². The molecule has 4 nitrogen and oxygen atoms in total. The molecule has 104 valence electrons. The van der Waals surface area contributed by atoms with Gasteiger partial charge in [0, 0.05) is 18.7 Å². The molecule has 1 amide bonds. The first-order chi connectivity index (χ1) is 9.24. The fourth-order valence-corrected chi connectivity index (χ4v) is 2.27. The smallest absolute Gasteiger partial charge is 0.249 e. The van der Waals surface area contributed by atoms with Crippen molar-refractivity contribution in [3.63, 3.8) is 0 Å². The Hall–Kier alpha value is -1.55. The van der Waals surface area contributed by atoms with Crippen molar-refractivity contribution in [2.45, 2.75) is 38.8 Å². The number of carbonyl (C=O) groups is 1. The van der Waals surface area contributed by atoms with E-state index in [1.165, 1.54) is 5.56 Å². The molecule has 19 heavy (non-hydrogen) atoms. The maximum atomic E-state index is 11.9. The fourth-order valence-electron chi connectivity index (χ4n) is 2.27. The molecular formula is C15H21NO3. The van der Waals surface area contributed by atoms with Gasteiger partial charge in [-0.05, 0) is 30.9 Å². The molecule has 0 bridgehead atoms. The Morgan fingerprint density at radius 1 is 1.53 bits per heavy atom. The highest BCUT2D eigenvalue weighted by atomic mass is 16.5. The number of methoxy groups -OCH3 is 1. The Bertz CT molecular complexity index is 439. The van der Waals surface area contributed by atoms with E-state index >= 15 is 0 Å². The van der Waals surface area contributed by atoms with Crippen LogP contribution in [0.5, 0.6) is 5.75 Å². The van der Waals surface area contributed by atoms with E-state index in [1.54, 1.807) is 7.11 Å². The molecule has 1 saturated heterocycles. The molecule has 1 aromatic carbocycles. The first kappa shape index (κ1) is 13.9. The molecule has 1 heterocycles. The van der Waals surface area contributed by atoms with Crippen LogP contribution in [0.15, 0.2) is 18.2 Å². The van der Waals surface area contributed by atoms with Gasteiger partial charge in [0.25, 0.3) is 0 Å². The number of rotatable bonds is 5. The van der Waals surface area contributed by atoms with Gasteiger partial charge in [0.05, 0.1) is 7.11 Å². The van der Waals surface area contributed by atoms with Crippen LogP contribution in [0.25, 0.3) is 0 Å². The molecule has 0 spiro atoms. The SMILES string of the molecule is CCc1ccc(OC)c(CNC(=O)C2CCCO2)c1. The van der Waals surface area contributed by atoms with E-state index < -0.39 is 0 Å². The largest absolute Gasteiger partial charge is 0.496 e. The second kappa shape index (κ2) is 6.57. The van der Waals surface area contributed by atoms with Crippen molar-refractivity contribution >= 4 is 5.91 Å². The van der Waals surface area contributed by atoms with Crippen molar-refractivity contribution in [1.29, 1.82) is 0 Å². The third kappa shape index (κ3) is 3.47. The Morgan fingerprint density at radius 2 is 2.37 bits per heavy atom. The van der Waals surface area contributed by atoms with Gasteiger partial charge in [-0.3, -0.25) is 4.79 Å². The molecule has 1 unspecified atom stereocenters. The third-order valence-electron chi connectivity index (χ3n) is 3.43. The van der Waals surface area contributed by atoms with Crippen LogP contribution in [0.1, 0.15) is 30.9 Å². The highest BCUT2D eigenvalue weighted by molar-refractivity contribution is 5.81. The summed E-state index contributed by atoms with van der Waals surface area (Å²) < 4.78 is 10.7. The maximum absolute atomic E-state index is 11.9. The van der Waals surface area contributed by atoms with Crippen molar-refractivity contribution in [1.82, 2.24) is 5.32 Å². The van der Waals surface area contributed by atoms with Gasteiger partial charge in [0.15, 0.2) is 0 Å². The number of amides is 1. The Kier molecular flexibility index (Phi) is 4.80. The number of hydrogen-bond donors (Lipinski definition) is 1. The third-order valence-corrected chi connectivity index (χ3v) is 3.43. The van der Waals surface area contributed by atoms with Crippen LogP contribution in [-0.4, -0.2) is 25.7 Å². The lowest BCUT2D eigenvalue weighted by atomic mass is 10.1. The summed E-state index contributed by atoms with van der Waals surface area (Å²) in [6.07, 6.45) is 2.47. The average Bonchev–Trinajstić information content (AvgIpc) is 2.98. The molecule has 1 atom stereocenters. The van der Waals surface area contributed by atoms with E-state index in [1.807, 2.05) is 12.1 Å². The zero-order chi connectivity index (χ0) is 13.7. The summed E-state index contributed by atoms with van der Waals surface area (Å²) >= 11 is 0. The summed E-state index contributed by atoms with van der Waals surface area (Å²) in [6, 6.07) is 6.07. The van der Waals surface area contributed by atoms with Gasteiger partial charge in [-0.15, -0.1) is 0 Å². The second-order valence-corrected chi connectivity index (χ2v) is 4.72. The minimum Gasteiger partial charge on any atom is -0.496 e. The summed E-state index contributed by atoms with van der Waals surface area (Å²) in [5, 5.41) is 2.92. The van der Waals surface area contributed by atoms with Gasteiger partial charge < -0.3 is 14.8 Å². The molecule has 0 aromatic heterocycles. The van der Waals surface area contributed by atoms with Gasteiger partial charge in [-0.1, -0.05) is 19.1 Å². The highest BCUT2D eigenvalue weighted by Gasteiger charge is 2.23. The van der Waals surface area contributed by atoms with E-state index in [9.17, 15) is 4.79 Å². The standard InChI is InChI=1S/C15H21NO3/c1-3-11-6-7-13(18-2)12(9-11)10-16-15(17)14-5-4-8-19-14/h6-7,9,14H,3-5,8,10H2,1-2H3,(H,16,17). The summed E-state index contributed by atoms with van der Waals surface area (Å²) in [4.78, 5) is 11.9. The summed E-state index contributed by atoms with van der Waals surface area (Å²) in [6.45, 7) is 3.28. The first-order valence-electron chi connectivity index (χ1n) is 6.79. The zero-order valence-corrected chi connectivity index (χ0v) is 11.6. The van der Waals surface area contributed by atoms with Crippen LogP contribution in [0.2, 0.25) is 0 Å². The van der Waals surface area contributed by atoms with E-state index in [4.69, 9.17) is 9.47 Å². The topological polar surface area (TPSA) is 47.6 Å². The van der Waals surface area contributed by atoms with Crippen LogP contribution >= 0.6 is 0 Å². The number of ether oxygens (including phenoxy) is 2. The van der Waals surface area contributed by atoms with Crippen molar-refractivity contribution in [2.24, 2.45) is 0 Å². The van der Waals surface area contributed by atoms with Gasteiger partial charge in [-0.2, -0.15) is 0 Å². The van der Waals surface area contributed by atoms with Crippen LogP contribution in [0.4, 0.5) is 0 Å². The lowest BCUT2D eigenvalue weighted by Crippen LogP contribution is -2.33. The Balaban J connectivity index is 1.99. The molecule has 1 aliphatic heterocycles. The molecule has 4 heteroatoms. The van der Waals surface area contributed by atoms with Gasteiger partial charge in [-0.25, -0.2) is 0 Å². The van der Waals surface area contributed by atoms with Crippen molar-refractivity contribution < 1.29 is 14.3 Å². The molecule has 2 rings (SSSR count). The molecular weight excluding hydrogens is 242 g/mol. The van der Waals surface area contributed by atoms with E-state index in [-0.39, 0.29) is 12.0 Å². The predicted molar refractivity (Wildman–Crippen MR) is 73.2 cm³/mol. The van der Waals surface area contributed by atoms with Crippen LogP contribution in [0.3, 0.4) is 0 Å². The second-order valence-electron chi connectivity index (χ2n) is 4.72. The predicted octanol–water partition coefficient (Wildman–Crippen LogP) is 2.05. The Morgan fingerprint density at radius 3 is 3.00 bits per heavy atom. The normalized spacial score (nSPS) is 18.3. The summed E-state index contributed by atoms with van der Waals surface area (Å²) in [7, 11) is 1.65. The average molecular weight is 263 g/mol. The van der Waals surface area contributed by atoms with E-state index in [2.05, 4.69) is 18.3 Å². The lowest BCUT2D eigenvalue weighted by molar-refractivity contribution is -0.130. The zero-order valence-electron chi connectivity index (χ0n) is 11.6. The number of aryl methyl sites for hydroxylation is 1. The van der Waals surface area contributed by atoms with Gasteiger partial charge >= 0.3 is 0 Å². The summed E-state index contributed by atoms with van der Waals surface area (Å²) in [5.74, 6) is 0.784. The fraction of sp³-hybridized carbons (Fsp3) is 0.533. The van der Waals surface area contributed by atoms with E-state index in [0.29, 0.717) is 13.2 Å². The van der Waals surface area contributed by atoms with Crippen LogP contribution in [-0.2, 0) is 22.5 Å². The molecule has 1 fully saturated rings. The first-order valence-corrected chi connectivity index (χ1v) is 6.79. The molecule has 0 saturated carbocycles. The molecule has 0 radical (unpaired) electrons. The lowest BCUT2D eigenvalue weighted by Gasteiger charge is -2.13. The van der Waals surface area contributed by atoms with Crippen LogP contribution in [0, 0.1) is 0 Å². The van der Waals surface area contributed by atoms with Crippen molar-refractivity contribution in [3.8, 4) is 5.75 Å². The molecule has 0 aliphatic carbocycles. The van der Waals surface area contributed by atoms with Gasteiger partial charge in [0.1, 0.15) is 11.9 Å². The van der Waals surface area contributed by atoms with Gasteiger partial charge in [0.2, 0.25) is 5.91 Å². The summed E-state index contributed by atoms with van der Waals surface area (Å²) in [5.41, 5.74) is 2.25. The number of nitrogens with one attached hydrogen (secondary N) is 1. The Labute approximate surface area is 114 Å². The maximum Gasteiger partial charge on any atom is 0.249 e. The minimum absolute atomic E-state index is 0.0264. The number of benzene rings is 1. The molecule has 1 aromatic rings. The number of carbonyl (C=O) groups excluding carboxylic acids is 1. The quantitative estimate of drug-likeness (QED) is 0.884. The minimum atomic E-state index is -0.277. The van der Waals surface area contributed by atoms with Crippen molar-refractivity contribution in [2.75, 3.05) is 13.7 Å². The molecule has 1 aliphatic rings. The molecule has 1 N–H and O–H groups in total. The number of hydrogen-bond acceptors (Lipinski definition) is 3. The monoisotopic (exact) mass is 263 g/mol. The van der Waals surface area contributed by atoms with E-state index in [0.717, 1.165) is 30.6 Å². The highest BCUT2D eigenvalue weighted by Crippen LogP contribution is 2.20.